The summed E-state index contributed by atoms with van der Waals surface area (Å²) in [7, 11) is 0. The molecule has 0 nitrogen and oxygen atoms in total. The minimum absolute atomic E-state index is 0.105. The normalized spacial score (nSPS) is 14.9. The maximum atomic E-state index is 4.44. The van der Waals surface area contributed by atoms with Crippen molar-refractivity contribution < 1.29 is 0 Å². The fraction of sp³-hybridized carbons (Fsp3) is 0.123. The molecule has 57 heavy (non-hydrogen) atoms. The summed E-state index contributed by atoms with van der Waals surface area (Å²) in [6.07, 6.45) is 17.4. The molecule has 0 saturated heterocycles. The van der Waals surface area contributed by atoms with Crippen molar-refractivity contribution in [1.82, 2.24) is 0 Å². The largest absolute Gasteiger partial charge is 0.0984 e. The molecule has 0 aromatic heterocycles. The van der Waals surface area contributed by atoms with Crippen LogP contribution in [0.2, 0.25) is 0 Å². The van der Waals surface area contributed by atoms with Crippen molar-refractivity contribution in [3.05, 3.63) is 209 Å². The molecule has 278 valence electrons. The van der Waals surface area contributed by atoms with Crippen LogP contribution < -0.4 is 10.4 Å². The predicted octanol–water partition coefficient (Wildman–Crippen LogP) is 14.6. The van der Waals surface area contributed by atoms with Gasteiger partial charge in [0.1, 0.15) is 0 Å². The van der Waals surface area contributed by atoms with Crippen LogP contribution in [0.15, 0.2) is 177 Å². The molecule has 0 heteroatoms. The first kappa shape index (κ1) is 37.4. The van der Waals surface area contributed by atoms with Gasteiger partial charge in [-0.15, -0.1) is 0 Å². The summed E-state index contributed by atoms with van der Waals surface area (Å²) in [6, 6.07) is 44.6. The van der Waals surface area contributed by atoms with E-state index in [0.29, 0.717) is 0 Å². The molecule has 0 atom stereocenters. The van der Waals surface area contributed by atoms with E-state index in [9.17, 15) is 0 Å². The van der Waals surface area contributed by atoms with Crippen LogP contribution in [0.1, 0.15) is 63.8 Å². The van der Waals surface area contributed by atoms with Crippen LogP contribution in [0, 0.1) is 0 Å². The fourth-order valence-corrected chi connectivity index (χ4v) is 9.11. The van der Waals surface area contributed by atoms with Crippen LogP contribution in [-0.4, -0.2) is 0 Å². The molecule has 0 spiro atoms. The van der Waals surface area contributed by atoms with Crippen molar-refractivity contribution in [2.75, 3.05) is 0 Å². The highest BCUT2D eigenvalue weighted by Crippen LogP contribution is 2.48. The molecule has 0 unspecified atom stereocenters. The lowest BCUT2D eigenvalue weighted by Crippen LogP contribution is -2.31. The van der Waals surface area contributed by atoms with E-state index in [4.69, 9.17) is 0 Å². The zero-order valence-corrected chi connectivity index (χ0v) is 34.1. The van der Waals surface area contributed by atoms with Gasteiger partial charge in [-0.05, 0) is 162 Å². The number of hydrogen-bond donors (Lipinski definition) is 0. The number of rotatable bonds is 8. The van der Waals surface area contributed by atoms with Crippen LogP contribution in [0.4, 0.5) is 0 Å². The highest BCUT2D eigenvalue weighted by molar-refractivity contribution is 6.07. The Morgan fingerprint density at radius 3 is 1.95 bits per heavy atom. The second-order valence-corrected chi connectivity index (χ2v) is 15.7. The molecule has 0 saturated carbocycles. The zero-order chi connectivity index (χ0) is 39.8. The summed E-state index contributed by atoms with van der Waals surface area (Å²) in [6.45, 7) is 22.2. The molecule has 0 aliphatic heterocycles. The molecule has 0 heterocycles. The molecule has 0 fully saturated rings. The standard InChI is InChI=1S/C57H50/c1-9-18-53-38(6)50-31-30-47(36-54(50)57(53,7)8)56-49(12-4)48(11-3)55(39(10-2)24-17-19-37(5)42-27-25-40-20-13-15-22-43(40)33-42)51-32-29-46(35-52(51)56)45-28-26-41-21-14-16-23-44(41)34-45/h9-36H,2,5H2,1,3-4,6-8H3/b18-9-,19-17-,39-24+,48-11+,49-12+. The van der Waals surface area contributed by atoms with Crippen LogP contribution in [0.5, 0.6) is 0 Å². The first-order valence-electron chi connectivity index (χ1n) is 20.1. The molecule has 7 aromatic carbocycles. The van der Waals surface area contributed by atoms with E-state index < -0.39 is 0 Å². The Kier molecular flexibility index (Phi) is 9.99. The summed E-state index contributed by atoms with van der Waals surface area (Å²) in [5, 5.41) is 9.78. The second-order valence-electron chi connectivity index (χ2n) is 15.7. The van der Waals surface area contributed by atoms with E-state index >= 15 is 0 Å². The molecule has 1 aliphatic carbocycles. The van der Waals surface area contributed by atoms with E-state index in [2.05, 4.69) is 219 Å². The van der Waals surface area contributed by atoms with E-state index in [1.807, 2.05) is 6.08 Å². The van der Waals surface area contributed by atoms with Crippen molar-refractivity contribution in [3.8, 4) is 22.3 Å². The van der Waals surface area contributed by atoms with Crippen molar-refractivity contribution in [3.63, 3.8) is 0 Å². The molecular formula is C57H50. The average Bonchev–Trinajstić information content (AvgIpc) is 3.43. The Morgan fingerprint density at radius 1 is 0.632 bits per heavy atom. The topological polar surface area (TPSA) is 0 Å². The highest BCUT2D eigenvalue weighted by atomic mass is 14.4. The smallest absolute Gasteiger partial charge is 0.0155 e. The van der Waals surface area contributed by atoms with Gasteiger partial charge in [-0.1, -0.05) is 173 Å². The average molecular weight is 735 g/mol. The van der Waals surface area contributed by atoms with Crippen molar-refractivity contribution in [2.24, 2.45) is 0 Å². The third-order valence-corrected chi connectivity index (χ3v) is 12.0. The van der Waals surface area contributed by atoms with Gasteiger partial charge in [0, 0.05) is 5.41 Å². The van der Waals surface area contributed by atoms with Gasteiger partial charge in [0.2, 0.25) is 0 Å². The number of hydrogen-bond acceptors (Lipinski definition) is 0. The number of allylic oxidation sites excluding steroid dienone is 10. The quantitative estimate of drug-likeness (QED) is 0.136. The van der Waals surface area contributed by atoms with Crippen LogP contribution in [-0.2, 0) is 5.41 Å². The SMILES string of the molecule is C=C/C(=C\C=C/C(=C)c1ccc2ccccc2c1)c1c(=C/C)/c(=C\C)c(-c2ccc3c(c2)C(C)(C)C(/C=C\C)=C3C)c2cc(-c3ccc4ccccc4c3)ccc12. The Labute approximate surface area is 338 Å². The maximum Gasteiger partial charge on any atom is 0.0155 e. The van der Waals surface area contributed by atoms with Gasteiger partial charge in [-0.2, -0.15) is 0 Å². The zero-order valence-electron chi connectivity index (χ0n) is 34.1. The summed E-state index contributed by atoms with van der Waals surface area (Å²) < 4.78 is 0. The van der Waals surface area contributed by atoms with Gasteiger partial charge in [0.05, 0.1) is 0 Å². The summed E-state index contributed by atoms with van der Waals surface area (Å²) in [5.41, 5.74) is 14.6. The summed E-state index contributed by atoms with van der Waals surface area (Å²) in [4.78, 5) is 0. The first-order chi connectivity index (χ1) is 27.7. The van der Waals surface area contributed by atoms with E-state index in [1.54, 1.807) is 0 Å². The van der Waals surface area contributed by atoms with Crippen molar-refractivity contribution >= 4 is 61.2 Å². The molecule has 0 N–H and O–H groups in total. The molecule has 8 rings (SSSR count). The number of fused-ring (bicyclic) bond motifs is 4. The highest BCUT2D eigenvalue weighted by Gasteiger charge is 2.35. The van der Waals surface area contributed by atoms with Gasteiger partial charge < -0.3 is 0 Å². The van der Waals surface area contributed by atoms with Gasteiger partial charge in [-0.3, -0.25) is 0 Å². The van der Waals surface area contributed by atoms with Gasteiger partial charge in [0.25, 0.3) is 0 Å². The fourth-order valence-electron chi connectivity index (χ4n) is 9.11. The second kappa shape index (κ2) is 15.2. The lowest BCUT2D eigenvalue weighted by molar-refractivity contribution is 0.654. The lowest BCUT2D eigenvalue weighted by atomic mass is 9.79. The van der Waals surface area contributed by atoms with Gasteiger partial charge >= 0.3 is 0 Å². The van der Waals surface area contributed by atoms with Crippen LogP contribution >= 0.6 is 0 Å². The summed E-state index contributed by atoms with van der Waals surface area (Å²) in [5.74, 6) is 0. The first-order valence-corrected chi connectivity index (χ1v) is 20.1. The van der Waals surface area contributed by atoms with E-state index in [1.165, 1.54) is 92.8 Å². The van der Waals surface area contributed by atoms with Crippen LogP contribution in [0.25, 0.3) is 83.4 Å². The summed E-state index contributed by atoms with van der Waals surface area (Å²) >= 11 is 0. The van der Waals surface area contributed by atoms with E-state index in [-0.39, 0.29) is 5.41 Å². The Balaban J connectivity index is 1.34. The molecule has 0 amide bonds. The lowest BCUT2D eigenvalue weighted by Gasteiger charge is -2.24. The maximum absolute atomic E-state index is 4.44. The van der Waals surface area contributed by atoms with Gasteiger partial charge in [-0.25, -0.2) is 0 Å². The van der Waals surface area contributed by atoms with Crippen molar-refractivity contribution in [1.29, 1.82) is 0 Å². The molecule has 7 aromatic rings. The molecular weight excluding hydrogens is 685 g/mol. The number of benzene rings is 7. The minimum atomic E-state index is -0.105. The minimum Gasteiger partial charge on any atom is -0.0984 e. The molecule has 1 aliphatic rings. The van der Waals surface area contributed by atoms with Gasteiger partial charge in [0.15, 0.2) is 0 Å². The van der Waals surface area contributed by atoms with E-state index in [0.717, 1.165) is 16.7 Å². The van der Waals surface area contributed by atoms with Crippen LogP contribution in [0.3, 0.4) is 0 Å². The molecule has 0 bridgehead atoms. The Morgan fingerprint density at radius 2 is 1.26 bits per heavy atom. The third-order valence-electron chi connectivity index (χ3n) is 12.0. The predicted molar refractivity (Wildman–Crippen MR) is 253 cm³/mol. The monoisotopic (exact) mass is 734 g/mol. The van der Waals surface area contributed by atoms with Crippen molar-refractivity contribution in [2.45, 2.75) is 47.0 Å². The molecule has 0 radical (unpaired) electrons. The Bertz CT molecular complexity index is 3040. The Hall–Kier alpha value is -6.50. The third kappa shape index (κ3) is 6.56.